The molecule has 2 aromatic rings. The molecular formula is C12H13ClN4O3. The number of rotatable bonds is 4. The Morgan fingerprint density at radius 2 is 2.20 bits per heavy atom. The van der Waals surface area contributed by atoms with Gasteiger partial charge in [0, 0.05) is 12.2 Å². The van der Waals surface area contributed by atoms with Crippen LogP contribution < -0.4 is 5.32 Å². The van der Waals surface area contributed by atoms with E-state index in [1.165, 1.54) is 13.3 Å². The van der Waals surface area contributed by atoms with Crippen LogP contribution in [0.5, 0.6) is 0 Å². The van der Waals surface area contributed by atoms with Crippen LogP contribution >= 0.6 is 11.6 Å². The van der Waals surface area contributed by atoms with Gasteiger partial charge in [-0.15, -0.1) is 10.2 Å². The van der Waals surface area contributed by atoms with Gasteiger partial charge in [0.15, 0.2) is 0 Å². The van der Waals surface area contributed by atoms with Crippen molar-refractivity contribution in [1.82, 2.24) is 15.2 Å². The summed E-state index contributed by atoms with van der Waals surface area (Å²) in [5.74, 6) is -0.741. The zero-order valence-corrected chi connectivity index (χ0v) is 11.9. The average molecular weight is 297 g/mol. The number of halogens is 1. The second kappa shape index (κ2) is 5.87. The summed E-state index contributed by atoms with van der Waals surface area (Å²) in [7, 11) is 1.24. The maximum absolute atomic E-state index is 11.3. The number of esters is 1. The van der Waals surface area contributed by atoms with Gasteiger partial charge in [0.25, 0.3) is 5.89 Å². The van der Waals surface area contributed by atoms with Gasteiger partial charge in [-0.1, -0.05) is 11.6 Å². The summed E-state index contributed by atoms with van der Waals surface area (Å²) in [6, 6.07) is 1.83. The van der Waals surface area contributed by atoms with E-state index in [1.807, 2.05) is 13.8 Å². The van der Waals surface area contributed by atoms with E-state index >= 15 is 0 Å². The molecule has 20 heavy (non-hydrogen) atoms. The minimum absolute atomic E-state index is 0.165. The van der Waals surface area contributed by atoms with Crippen LogP contribution in [0.3, 0.4) is 0 Å². The van der Waals surface area contributed by atoms with Gasteiger partial charge in [-0.3, -0.25) is 0 Å². The number of aromatic nitrogens is 3. The smallest absolute Gasteiger partial charge is 0.396 e. The van der Waals surface area contributed by atoms with Crippen LogP contribution in [0.15, 0.2) is 16.7 Å². The van der Waals surface area contributed by atoms with Gasteiger partial charge in [0.2, 0.25) is 0 Å². The fraction of sp³-hybridized carbons (Fsp3) is 0.333. The van der Waals surface area contributed by atoms with Crippen LogP contribution in [0.1, 0.15) is 24.5 Å². The first-order chi connectivity index (χ1) is 9.51. The Hall–Kier alpha value is -2.15. The maximum atomic E-state index is 11.3. The Balaban J connectivity index is 2.41. The number of hydrogen-bond acceptors (Lipinski definition) is 7. The van der Waals surface area contributed by atoms with E-state index in [4.69, 9.17) is 16.0 Å². The van der Waals surface area contributed by atoms with Crippen molar-refractivity contribution in [2.45, 2.75) is 19.9 Å². The minimum Gasteiger partial charge on any atom is -0.462 e. The number of ether oxygens (including phenoxy) is 1. The summed E-state index contributed by atoms with van der Waals surface area (Å²) < 4.78 is 9.78. The monoisotopic (exact) mass is 296 g/mol. The Morgan fingerprint density at radius 1 is 1.45 bits per heavy atom. The third-order valence-corrected chi connectivity index (χ3v) is 2.54. The lowest BCUT2D eigenvalue weighted by atomic mass is 10.2. The van der Waals surface area contributed by atoms with E-state index in [0.717, 1.165) is 0 Å². The molecule has 0 unspecified atom stereocenters. The van der Waals surface area contributed by atoms with Crippen LogP contribution in [0.4, 0.5) is 5.69 Å². The Kier molecular flexibility index (Phi) is 4.19. The Bertz CT molecular complexity index is 627. The number of carbonyl (C=O) groups is 1. The summed E-state index contributed by atoms with van der Waals surface area (Å²) in [4.78, 5) is 15.3. The molecule has 0 bridgehead atoms. The van der Waals surface area contributed by atoms with Gasteiger partial charge in [-0.25, -0.2) is 9.78 Å². The molecule has 0 fully saturated rings. The normalized spacial score (nSPS) is 10.7. The van der Waals surface area contributed by atoms with Crippen molar-refractivity contribution in [2.75, 3.05) is 12.4 Å². The third-order valence-electron chi connectivity index (χ3n) is 2.33. The molecule has 1 N–H and O–H groups in total. The molecule has 2 rings (SSSR count). The highest BCUT2D eigenvalue weighted by Crippen LogP contribution is 2.28. The summed E-state index contributed by atoms with van der Waals surface area (Å²) in [6.45, 7) is 3.96. The van der Waals surface area contributed by atoms with Crippen LogP contribution in [-0.2, 0) is 4.74 Å². The second-order valence-electron chi connectivity index (χ2n) is 4.26. The maximum Gasteiger partial charge on any atom is 0.396 e. The van der Waals surface area contributed by atoms with Gasteiger partial charge in [0.05, 0.1) is 18.4 Å². The molecule has 106 valence electrons. The lowest BCUT2D eigenvalue weighted by molar-refractivity contribution is 0.0556. The second-order valence-corrected chi connectivity index (χ2v) is 4.64. The molecule has 0 aliphatic carbocycles. The number of anilines is 1. The molecule has 0 aliphatic rings. The predicted molar refractivity (Wildman–Crippen MR) is 72.6 cm³/mol. The minimum atomic E-state index is -0.691. The molecule has 0 spiro atoms. The predicted octanol–water partition coefficient (Wildman–Crippen LogP) is 2.39. The van der Waals surface area contributed by atoms with E-state index < -0.39 is 5.97 Å². The molecule has 2 aromatic heterocycles. The van der Waals surface area contributed by atoms with Gasteiger partial charge in [-0.05, 0) is 19.9 Å². The zero-order valence-electron chi connectivity index (χ0n) is 11.2. The third kappa shape index (κ3) is 3.05. The van der Waals surface area contributed by atoms with Crippen LogP contribution in [-0.4, -0.2) is 34.3 Å². The van der Waals surface area contributed by atoms with Crippen molar-refractivity contribution in [2.24, 2.45) is 0 Å². The molecule has 0 atom stereocenters. The number of hydrogen-bond donors (Lipinski definition) is 1. The molecule has 2 heterocycles. The molecule has 8 heteroatoms. The fourth-order valence-electron chi connectivity index (χ4n) is 1.53. The quantitative estimate of drug-likeness (QED) is 0.684. The van der Waals surface area contributed by atoms with Crippen LogP contribution in [0, 0.1) is 0 Å². The van der Waals surface area contributed by atoms with E-state index in [2.05, 4.69) is 25.2 Å². The number of methoxy groups -OCH3 is 1. The number of carbonyl (C=O) groups excluding carboxylic acids is 1. The summed E-state index contributed by atoms with van der Waals surface area (Å²) >= 11 is 5.87. The highest BCUT2D eigenvalue weighted by molar-refractivity contribution is 6.29. The molecule has 0 saturated heterocycles. The number of pyridine rings is 1. The summed E-state index contributed by atoms with van der Waals surface area (Å²) in [5.41, 5.74) is 1.26. The topological polar surface area (TPSA) is 90.1 Å². The summed E-state index contributed by atoms with van der Waals surface area (Å²) in [5, 5.41) is 11.0. The van der Waals surface area contributed by atoms with Gasteiger partial charge < -0.3 is 14.5 Å². The van der Waals surface area contributed by atoms with Crippen molar-refractivity contribution in [3.8, 4) is 11.5 Å². The van der Waals surface area contributed by atoms with Gasteiger partial charge in [-0.2, -0.15) is 0 Å². The van der Waals surface area contributed by atoms with E-state index in [-0.39, 0.29) is 17.8 Å². The van der Waals surface area contributed by atoms with Crippen molar-refractivity contribution >= 4 is 23.3 Å². The lowest BCUT2D eigenvalue weighted by Gasteiger charge is -2.12. The summed E-state index contributed by atoms with van der Waals surface area (Å²) in [6.07, 6.45) is 1.50. The van der Waals surface area contributed by atoms with Gasteiger partial charge in [0.1, 0.15) is 5.15 Å². The molecule has 7 nitrogen and oxygen atoms in total. The van der Waals surface area contributed by atoms with E-state index in [9.17, 15) is 4.79 Å². The Labute approximate surface area is 120 Å². The Morgan fingerprint density at radius 3 is 2.85 bits per heavy atom. The molecule has 0 aliphatic heterocycles. The van der Waals surface area contributed by atoms with Crippen molar-refractivity contribution in [3.63, 3.8) is 0 Å². The van der Waals surface area contributed by atoms with E-state index in [0.29, 0.717) is 16.4 Å². The first kappa shape index (κ1) is 14.3. The average Bonchev–Trinajstić information content (AvgIpc) is 2.86. The zero-order chi connectivity index (χ0) is 14.7. The van der Waals surface area contributed by atoms with Gasteiger partial charge >= 0.3 is 11.9 Å². The first-order valence-corrected chi connectivity index (χ1v) is 6.23. The molecule has 0 aromatic carbocycles. The standard InChI is InChI=1S/C12H13ClN4O3/c1-6(2)15-8-4-9(13)14-5-7(8)10-16-17-11(20-10)12(18)19-3/h4-6H,1-3H3,(H,14,15). The van der Waals surface area contributed by atoms with Crippen LogP contribution in [0.2, 0.25) is 5.15 Å². The van der Waals surface area contributed by atoms with E-state index in [1.54, 1.807) is 6.07 Å². The van der Waals surface area contributed by atoms with Crippen molar-refractivity contribution < 1.29 is 13.9 Å². The largest absolute Gasteiger partial charge is 0.462 e. The van der Waals surface area contributed by atoms with Crippen LogP contribution in [0.25, 0.3) is 11.5 Å². The molecule has 0 amide bonds. The highest BCUT2D eigenvalue weighted by Gasteiger charge is 2.19. The number of nitrogens with zero attached hydrogens (tertiary/aromatic N) is 3. The highest BCUT2D eigenvalue weighted by atomic mass is 35.5. The van der Waals surface area contributed by atoms with Crippen molar-refractivity contribution in [3.05, 3.63) is 23.3 Å². The van der Waals surface area contributed by atoms with Crippen molar-refractivity contribution in [1.29, 1.82) is 0 Å². The lowest BCUT2D eigenvalue weighted by Crippen LogP contribution is -2.10. The SMILES string of the molecule is COC(=O)c1nnc(-c2cnc(Cl)cc2NC(C)C)o1. The molecular weight excluding hydrogens is 284 g/mol. The first-order valence-electron chi connectivity index (χ1n) is 5.85. The fourth-order valence-corrected chi connectivity index (χ4v) is 1.69. The number of nitrogens with one attached hydrogen (secondary N) is 1. The molecule has 0 radical (unpaired) electrons. The molecule has 0 saturated carbocycles.